The van der Waals surface area contributed by atoms with Crippen LogP contribution in [-0.2, 0) is 0 Å². The van der Waals surface area contributed by atoms with Crippen molar-refractivity contribution in [2.24, 2.45) is 0 Å². The highest BCUT2D eigenvalue weighted by Gasteiger charge is 2.25. The molecule has 9 heavy (non-hydrogen) atoms. The second-order valence-electron chi connectivity index (χ2n) is 2.72. The molecule has 1 aliphatic rings. The summed E-state index contributed by atoms with van der Waals surface area (Å²) >= 11 is 5.78. The van der Waals surface area contributed by atoms with Crippen LogP contribution in [-0.4, -0.2) is 18.0 Å². The van der Waals surface area contributed by atoms with Gasteiger partial charge in [0.2, 0.25) is 0 Å². The van der Waals surface area contributed by atoms with Gasteiger partial charge in [0.15, 0.2) is 0 Å². The molecule has 0 heterocycles. The average Bonchev–Trinajstić information content (AvgIpc) is 1.78. The molecule has 0 aromatic carbocycles. The number of rotatable bonds is 3. The summed E-state index contributed by atoms with van der Waals surface area (Å²) < 4.78 is 0. The lowest BCUT2D eigenvalue weighted by Crippen LogP contribution is -2.42. The second-order valence-corrected chi connectivity index (χ2v) is 3.34. The van der Waals surface area contributed by atoms with Gasteiger partial charge in [-0.25, -0.2) is 0 Å². The maximum Gasteiger partial charge on any atom is 0.0365 e. The number of hydrogen-bond donors (Lipinski definition) is 1. The molecule has 0 aliphatic heterocycles. The molecule has 1 saturated carbocycles. The number of alkyl halides is 1. The molecule has 0 atom stereocenters. The van der Waals surface area contributed by atoms with E-state index in [0.717, 1.165) is 12.6 Å². The molecular formula is C7H14ClN. The minimum atomic E-state index is 0.458. The third kappa shape index (κ3) is 2.15. The van der Waals surface area contributed by atoms with E-state index < -0.39 is 0 Å². The van der Waals surface area contributed by atoms with Crippen molar-refractivity contribution in [3.63, 3.8) is 0 Å². The van der Waals surface area contributed by atoms with E-state index in [1.165, 1.54) is 19.3 Å². The molecule has 0 radical (unpaired) electrons. The molecule has 1 fully saturated rings. The monoisotopic (exact) mass is 147 g/mol. The van der Waals surface area contributed by atoms with Gasteiger partial charge in [-0.15, -0.1) is 11.6 Å². The van der Waals surface area contributed by atoms with E-state index in [9.17, 15) is 0 Å². The fourth-order valence-corrected chi connectivity index (χ4v) is 1.49. The first-order valence-electron chi connectivity index (χ1n) is 3.70. The Morgan fingerprint density at radius 1 is 1.56 bits per heavy atom. The van der Waals surface area contributed by atoms with E-state index in [4.69, 9.17) is 11.6 Å². The number of halogens is 1. The Bertz CT molecular complexity index is 79.0. The van der Waals surface area contributed by atoms with Crippen molar-refractivity contribution in [1.29, 1.82) is 0 Å². The molecule has 0 spiro atoms. The van der Waals surface area contributed by atoms with Gasteiger partial charge in [-0.1, -0.05) is 6.92 Å². The summed E-state index contributed by atoms with van der Waals surface area (Å²) in [5.74, 6) is 0. The van der Waals surface area contributed by atoms with Gasteiger partial charge in [0.05, 0.1) is 0 Å². The maximum absolute atomic E-state index is 5.78. The third-order valence-electron chi connectivity index (χ3n) is 1.76. The van der Waals surface area contributed by atoms with E-state index in [1.807, 2.05) is 0 Å². The summed E-state index contributed by atoms with van der Waals surface area (Å²) in [6.45, 7) is 3.33. The molecular weight excluding hydrogens is 134 g/mol. The number of hydrogen-bond acceptors (Lipinski definition) is 1. The molecule has 0 aromatic heterocycles. The van der Waals surface area contributed by atoms with E-state index in [1.54, 1.807) is 0 Å². The average molecular weight is 148 g/mol. The van der Waals surface area contributed by atoms with Gasteiger partial charge in [-0.2, -0.15) is 0 Å². The van der Waals surface area contributed by atoms with Gasteiger partial charge in [-0.3, -0.25) is 0 Å². The second kappa shape index (κ2) is 3.43. The highest BCUT2D eigenvalue weighted by atomic mass is 35.5. The largest absolute Gasteiger partial charge is 0.314 e. The Morgan fingerprint density at radius 2 is 2.22 bits per heavy atom. The Labute approximate surface area is 61.8 Å². The zero-order valence-electron chi connectivity index (χ0n) is 5.86. The van der Waals surface area contributed by atoms with Gasteiger partial charge in [0.25, 0.3) is 0 Å². The quantitative estimate of drug-likeness (QED) is 0.600. The molecule has 0 saturated heterocycles. The van der Waals surface area contributed by atoms with Gasteiger partial charge in [0, 0.05) is 11.4 Å². The molecule has 0 unspecified atom stereocenters. The lowest BCUT2D eigenvalue weighted by molar-refractivity contribution is 0.347. The van der Waals surface area contributed by atoms with E-state index >= 15 is 0 Å². The van der Waals surface area contributed by atoms with Gasteiger partial charge < -0.3 is 5.32 Å². The topological polar surface area (TPSA) is 12.0 Å². The van der Waals surface area contributed by atoms with Crippen LogP contribution >= 0.6 is 11.6 Å². The summed E-state index contributed by atoms with van der Waals surface area (Å²) in [6.07, 6.45) is 3.56. The van der Waals surface area contributed by atoms with Crippen LogP contribution in [0.3, 0.4) is 0 Å². The zero-order chi connectivity index (χ0) is 6.69. The van der Waals surface area contributed by atoms with Crippen molar-refractivity contribution in [3.05, 3.63) is 0 Å². The summed E-state index contributed by atoms with van der Waals surface area (Å²) in [5.41, 5.74) is 0. The maximum atomic E-state index is 5.78. The van der Waals surface area contributed by atoms with Gasteiger partial charge >= 0.3 is 0 Å². The van der Waals surface area contributed by atoms with E-state index in [0.29, 0.717) is 5.38 Å². The minimum absolute atomic E-state index is 0.458. The molecule has 1 aliphatic carbocycles. The zero-order valence-corrected chi connectivity index (χ0v) is 6.62. The normalized spacial score (nSPS) is 34.0. The van der Waals surface area contributed by atoms with Crippen LogP contribution in [0.25, 0.3) is 0 Å². The molecule has 1 N–H and O–H groups in total. The van der Waals surface area contributed by atoms with Crippen molar-refractivity contribution in [2.45, 2.75) is 37.6 Å². The van der Waals surface area contributed by atoms with Crippen LogP contribution in [0.2, 0.25) is 0 Å². The first kappa shape index (κ1) is 7.36. The minimum Gasteiger partial charge on any atom is -0.314 e. The predicted molar refractivity (Wildman–Crippen MR) is 41.0 cm³/mol. The van der Waals surface area contributed by atoms with Crippen LogP contribution in [0.15, 0.2) is 0 Å². The summed E-state index contributed by atoms with van der Waals surface area (Å²) in [4.78, 5) is 0. The number of nitrogens with one attached hydrogen (secondary N) is 1. The fourth-order valence-electron chi connectivity index (χ4n) is 1.06. The third-order valence-corrected chi connectivity index (χ3v) is 2.12. The van der Waals surface area contributed by atoms with Crippen molar-refractivity contribution in [1.82, 2.24) is 5.32 Å². The predicted octanol–water partition coefficient (Wildman–Crippen LogP) is 1.76. The molecule has 0 aromatic rings. The first-order chi connectivity index (χ1) is 4.33. The summed E-state index contributed by atoms with van der Waals surface area (Å²) in [7, 11) is 0. The molecule has 0 amide bonds. The van der Waals surface area contributed by atoms with Crippen LogP contribution in [0.1, 0.15) is 26.2 Å². The van der Waals surface area contributed by atoms with Crippen molar-refractivity contribution < 1.29 is 0 Å². The van der Waals surface area contributed by atoms with Gasteiger partial charge in [-0.05, 0) is 25.8 Å². The van der Waals surface area contributed by atoms with Crippen LogP contribution in [0, 0.1) is 0 Å². The SMILES string of the molecule is CCCNC1CC(Cl)C1. The van der Waals surface area contributed by atoms with Crippen molar-refractivity contribution in [2.75, 3.05) is 6.54 Å². The fraction of sp³-hybridized carbons (Fsp3) is 1.00. The Morgan fingerprint density at radius 3 is 2.67 bits per heavy atom. The Balaban J connectivity index is 1.91. The van der Waals surface area contributed by atoms with E-state index in [2.05, 4.69) is 12.2 Å². The van der Waals surface area contributed by atoms with Crippen LogP contribution < -0.4 is 5.32 Å². The summed E-state index contributed by atoms with van der Waals surface area (Å²) in [5, 5.41) is 3.87. The van der Waals surface area contributed by atoms with E-state index in [-0.39, 0.29) is 0 Å². The standard InChI is InChI=1S/C7H14ClN/c1-2-3-9-7-4-6(8)5-7/h6-7,9H,2-5H2,1H3. The summed E-state index contributed by atoms with van der Waals surface area (Å²) in [6, 6.07) is 0.729. The first-order valence-corrected chi connectivity index (χ1v) is 4.14. The molecule has 2 heteroatoms. The van der Waals surface area contributed by atoms with Gasteiger partial charge in [0.1, 0.15) is 0 Å². The lowest BCUT2D eigenvalue weighted by Gasteiger charge is -2.31. The molecule has 1 nitrogen and oxygen atoms in total. The Kier molecular flexibility index (Phi) is 2.80. The molecule has 1 rings (SSSR count). The molecule has 54 valence electrons. The molecule has 0 bridgehead atoms. The Hall–Kier alpha value is 0.250. The smallest absolute Gasteiger partial charge is 0.0365 e. The van der Waals surface area contributed by atoms with Crippen molar-refractivity contribution >= 4 is 11.6 Å². The van der Waals surface area contributed by atoms with Crippen molar-refractivity contribution in [3.8, 4) is 0 Å². The van der Waals surface area contributed by atoms with Crippen LogP contribution in [0.5, 0.6) is 0 Å². The highest BCUT2D eigenvalue weighted by molar-refractivity contribution is 6.21. The highest BCUT2D eigenvalue weighted by Crippen LogP contribution is 2.24. The van der Waals surface area contributed by atoms with Crippen LogP contribution in [0.4, 0.5) is 0 Å². The lowest BCUT2D eigenvalue weighted by atomic mass is 9.92.